The van der Waals surface area contributed by atoms with Crippen LogP contribution < -0.4 is 15.8 Å². The summed E-state index contributed by atoms with van der Waals surface area (Å²) < 4.78 is 29.3. The van der Waals surface area contributed by atoms with Crippen LogP contribution in [0.5, 0.6) is 5.75 Å². The van der Waals surface area contributed by atoms with Gasteiger partial charge in [0.1, 0.15) is 19.1 Å². The molecular weight excluding hydrogens is 474 g/mol. The number of nitrogens with two attached hydrogens (primary N) is 1. The third-order valence-corrected chi connectivity index (χ3v) is 5.55. The topological polar surface area (TPSA) is 130 Å². The Labute approximate surface area is 199 Å². The molecule has 1 fully saturated rings. The second kappa shape index (κ2) is 11.4. The smallest absolute Gasteiger partial charge is 0.387 e. The van der Waals surface area contributed by atoms with Crippen molar-refractivity contribution in [3.05, 3.63) is 64.2 Å². The number of oxime groups is 1. The molecule has 1 saturated heterocycles. The fourth-order valence-electron chi connectivity index (χ4n) is 3.52. The molecule has 0 spiro atoms. The van der Waals surface area contributed by atoms with Crippen LogP contribution in [-0.4, -0.2) is 59.4 Å². The second-order valence-electron chi connectivity index (χ2n) is 7.57. The Morgan fingerprint density at radius 3 is 2.59 bits per heavy atom. The second-order valence-corrected chi connectivity index (χ2v) is 8.01. The molecule has 3 atom stereocenters. The molecule has 5 N–H and O–H groups in total. The molecule has 12 heteroatoms. The van der Waals surface area contributed by atoms with E-state index in [1.54, 1.807) is 24.3 Å². The fourth-order valence-corrected chi connectivity index (χ4v) is 3.76. The van der Waals surface area contributed by atoms with E-state index in [2.05, 4.69) is 20.0 Å². The summed E-state index contributed by atoms with van der Waals surface area (Å²) in [5.41, 5.74) is 7.30. The van der Waals surface area contributed by atoms with Gasteiger partial charge in [-0.05, 0) is 35.7 Å². The average Bonchev–Trinajstić information content (AvgIpc) is 2.76. The number of likely N-dealkylation sites (tertiary alicyclic amines) is 1. The molecule has 1 aliphatic rings. The average molecular weight is 499 g/mol. The fraction of sp³-hybridized carbons (Fsp3) is 0.364. The van der Waals surface area contributed by atoms with E-state index >= 15 is 0 Å². The summed E-state index contributed by atoms with van der Waals surface area (Å²) >= 11 is 5.90. The lowest BCUT2D eigenvalue weighted by Crippen LogP contribution is -2.61. The van der Waals surface area contributed by atoms with Gasteiger partial charge in [0.25, 0.3) is 5.91 Å². The number of rotatable bonds is 10. The van der Waals surface area contributed by atoms with Gasteiger partial charge in [0.2, 0.25) is 0 Å². The Morgan fingerprint density at radius 1 is 1.29 bits per heavy atom. The highest BCUT2D eigenvalue weighted by molar-refractivity contribution is 6.30. The van der Waals surface area contributed by atoms with Crippen molar-refractivity contribution in [1.82, 2.24) is 10.2 Å². The molecule has 3 rings (SSSR count). The maximum Gasteiger partial charge on any atom is 0.387 e. The van der Waals surface area contributed by atoms with Crippen LogP contribution in [-0.2, 0) is 16.2 Å². The number of carbonyl (C=O) groups is 1. The van der Waals surface area contributed by atoms with Crippen LogP contribution in [0.1, 0.15) is 29.2 Å². The number of hydrogen-bond acceptors (Lipinski definition) is 7. The van der Waals surface area contributed by atoms with E-state index in [1.807, 2.05) is 0 Å². The first-order chi connectivity index (χ1) is 16.2. The van der Waals surface area contributed by atoms with Gasteiger partial charge in [-0.1, -0.05) is 41.0 Å². The molecule has 2 aromatic carbocycles. The minimum atomic E-state index is -3.08. The number of alkyl halides is 2. The van der Waals surface area contributed by atoms with Gasteiger partial charge >= 0.3 is 6.61 Å². The number of nitrogens with zero attached hydrogens (tertiary/aromatic N) is 2. The molecular formula is C22H25ClF2N4O5. The summed E-state index contributed by atoms with van der Waals surface area (Å²) in [6, 6.07) is 10.1. The number of nitrogens with one attached hydrogen (secondary N) is 1. The summed E-state index contributed by atoms with van der Waals surface area (Å²) in [6.07, 6.45) is -2.19. The number of halogens is 3. The Balaban J connectivity index is 1.59. The molecule has 0 saturated carbocycles. The summed E-state index contributed by atoms with van der Waals surface area (Å²) in [7, 11) is 1.40. The SMILES string of the molecule is CO/N=C(\N)c1ccc(CNC(O)C2CCN2C(=O)[C@H](O)c2cc(Cl)cc(OC(F)F)c2)cc1. The normalized spacial score (nSPS) is 17.8. The number of amidine groups is 1. The van der Waals surface area contributed by atoms with Gasteiger partial charge < -0.3 is 30.4 Å². The minimum Gasteiger partial charge on any atom is -0.435 e. The number of amides is 1. The highest BCUT2D eigenvalue weighted by atomic mass is 35.5. The molecule has 0 bridgehead atoms. The zero-order valence-electron chi connectivity index (χ0n) is 18.2. The van der Waals surface area contributed by atoms with Gasteiger partial charge in [-0.15, -0.1) is 0 Å². The Hall–Kier alpha value is -2.99. The van der Waals surface area contributed by atoms with Crippen molar-refractivity contribution in [3.63, 3.8) is 0 Å². The lowest BCUT2D eigenvalue weighted by atomic mass is 9.98. The van der Waals surface area contributed by atoms with E-state index in [4.69, 9.17) is 17.3 Å². The van der Waals surface area contributed by atoms with Crippen molar-refractivity contribution in [2.24, 2.45) is 10.9 Å². The quantitative estimate of drug-likeness (QED) is 0.170. The standard InChI is InChI=1S/C22H25ClF2N4O5/c1-33-28-19(26)13-4-2-12(3-5-13)11-27-20(31)17-6-7-29(17)21(32)18(30)14-8-15(23)10-16(9-14)34-22(24)25/h2-5,8-10,17-18,20,22,27,30-31H,6-7,11H2,1H3,(H2,26,28)/t17?,18-,20?/m1/s1. The van der Waals surface area contributed by atoms with Gasteiger partial charge in [0.15, 0.2) is 11.9 Å². The molecule has 0 radical (unpaired) electrons. The first-order valence-corrected chi connectivity index (χ1v) is 10.7. The summed E-state index contributed by atoms with van der Waals surface area (Å²) in [5, 5.41) is 27.7. The van der Waals surface area contributed by atoms with Crippen molar-refractivity contribution >= 4 is 23.3 Å². The molecule has 1 heterocycles. The van der Waals surface area contributed by atoms with Crippen LogP contribution in [0.3, 0.4) is 0 Å². The van der Waals surface area contributed by atoms with E-state index < -0.39 is 30.9 Å². The molecule has 2 unspecified atom stereocenters. The molecule has 2 aromatic rings. The molecule has 34 heavy (non-hydrogen) atoms. The Kier molecular flexibility index (Phi) is 8.61. The van der Waals surface area contributed by atoms with Crippen LogP contribution in [0, 0.1) is 0 Å². The number of aliphatic hydroxyl groups is 2. The van der Waals surface area contributed by atoms with Crippen molar-refractivity contribution in [2.75, 3.05) is 13.7 Å². The zero-order chi connectivity index (χ0) is 24.8. The lowest BCUT2D eigenvalue weighted by molar-refractivity contribution is -0.154. The highest BCUT2D eigenvalue weighted by Gasteiger charge is 2.40. The van der Waals surface area contributed by atoms with E-state index in [0.717, 1.165) is 17.7 Å². The van der Waals surface area contributed by atoms with Crippen molar-refractivity contribution in [2.45, 2.75) is 38.0 Å². The first kappa shape index (κ1) is 25.6. The number of carbonyl (C=O) groups excluding carboxylic acids is 1. The zero-order valence-corrected chi connectivity index (χ0v) is 19.0. The molecule has 1 aliphatic heterocycles. The minimum absolute atomic E-state index is 0.0117. The Bertz CT molecular complexity index is 1020. The maximum absolute atomic E-state index is 12.8. The van der Waals surface area contributed by atoms with E-state index in [0.29, 0.717) is 25.1 Å². The number of hydrogen-bond donors (Lipinski definition) is 4. The van der Waals surface area contributed by atoms with Crippen LogP contribution in [0.25, 0.3) is 0 Å². The van der Waals surface area contributed by atoms with E-state index in [1.165, 1.54) is 18.1 Å². The first-order valence-electron chi connectivity index (χ1n) is 10.3. The third-order valence-electron chi connectivity index (χ3n) is 5.34. The van der Waals surface area contributed by atoms with Crippen LogP contribution in [0.15, 0.2) is 47.6 Å². The van der Waals surface area contributed by atoms with Crippen LogP contribution in [0.4, 0.5) is 8.78 Å². The van der Waals surface area contributed by atoms with Gasteiger partial charge in [-0.3, -0.25) is 10.1 Å². The molecule has 184 valence electrons. The van der Waals surface area contributed by atoms with Gasteiger partial charge in [0.05, 0.1) is 6.04 Å². The number of benzene rings is 2. The molecule has 9 nitrogen and oxygen atoms in total. The monoisotopic (exact) mass is 498 g/mol. The third kappa shape index (κ3) is 6.32. The highest BCUT2D eigenvalue weighted by Crippen LogP contribution is 2.30. The van der Waals surface area contributed by atoms with Crippen molar-refractivity contribution in [1.29, 1.82) is 0 Å². The summed E-state index contributed by atoms with van der Waals surface area (Å²) in [5.74, 6) is -0.719. The van der Waals surface area contributed by atoms with Gasteiger partial charge in [0, 0.05) is 23.7 Å². The summed E-state index contributed by atoms with van der Waals surface area (Å²) in [4.78, 5) is 18.7. The lowest BCUT2D eigenvalue weighted by Gasteiger charge is -2.44. The predicted molar refractivity (Wildman–Crippen MR) is 120 cm³/mol. The van der Waals surface area contributed by atoms with E-state index in [9.17, 15) is 23.8 Å². The summed E-state index contributed by atoms with van der Waals surface area (Å²) in [6.45, 7) is -2.44. The Morgan fingerprint density at radius 2 is 2.00 bits per heavy atom. The van der Waals surface area contributed by atoms with Crippen LogP contribution >= 0.6 is 11.6 Å². The van der Waals surface area contributed by atoms with Crippen molar-refractivity contribution < 1.29 is 33.4 Å². The van der Waals surface area contributed by atoms with Gasteiger partial charge in [-0.25, -0.2) is 0 Å². The van der Waals surface area contributed by atoms with Gasteiger partial charge in [-0.2, -0.15) is 8.78 Å². The number of ether oxygens (including phenoxy) is 1. The molecule has 0 aliphatic carbocycles. The van der Waals surface area contributed by atoms with E-state index in [-0.39, 0.29) is 22.2 Å². The largest absolute Gasteiger partial charge is 0.435 e. The predicted octanol–water partition coefficient (Wildman–Crippen LogP) is 1.95. The van der Waals surface area contributed by atoms with Crippen LogP contribution in [0.2, 0.25) is 5.02 Å². The molecule has 0 aromatic heterocycles. The maximum atomic E-state index is 12.8. The van der Waals surface area contributed by atoms with Crippen molar-refractivity contribution in [3.8, 4) is 5.75 Å². The number of aliphatic hydroxyl groups excluding tert-OH is 2. The molecule has 1 amide bonds.